The van der Waals surface area contributed by atoms with Crippen molar-refractivity contribution in [3.05, 3.63) is 132 Å². The molecular formula is C36H35N5O5S. The maximum atomic E-state index is 13.7. The molecule has 10 nitrogen and oxygen atoms in total. The Kier molecular flexibility index (Phi) is 10.2. The minimum Gasteiger partial charge on any atom is -0.495 e. The summed E-state index contributed by atoms with van der Waals surface area (Å²) in [4.78, 5) is 31.2. The molecule has 0 fully saturated rings. The molecule has 5 rings (SSSR count). The molecule has 2 amide bonds. The molecule has 47 heavy (non-hydrogen) atoms. The number of carbonyl (C=O) groups excluding carboxylic acids is 2. The van der Waals surface area contributed by atoms with Crippen molar-refractivity contribution in [2.75, 3.05) is 42.2 Å². The fourth-order valence-electron chi connectivity index (χ4n) is 4.92. The average Bonchev–Trinajstić information content (AvgIpc) is 3.09. The second-order valence-corrected chi connectivity index (χ2v) is 12.4. The largest absolute Gasteiger partial charge is 0.495 e. The number of anilines is 3. The molecule has 0 saturated carbocycles. The molecule has 0 unspecified atom stereocenters. The molecule has 5 aromatic rings. The van der Waals surface area contributed by atoms with Gasteiger partial charge in [0.2, 0.25) is 0 Å². The number of amides is 2. The number of nitrogens with zero attached hydrogens (tertiary/aromatic N) is 2. The number of carbonyl (C=O) groups is 2. The summed E-state index contributed by atoms with van der Waals surface area (Å²) in [6.45, 7) is 2.74. The Labute approximate surface area is 274 Å². The van der Waals surface area contributed by atoms with Crippen molar-refractivity contribution in [1.29, 1.82) is 0 Å². The van der Waals surface area contributed by atoms with Gasteiger partial charge >= 0.3 is 0 Å². The quantitative estimate of drug-likeness (QED) is 0.142. The summed E-state index contributed by atoms with van der Waals surface area (Å²) in [6.07, 6.45) is 1.62. The molecule has 3 N–H and O–H groups in total. The monoisotopic (exact) mass is 649 g/mol. The molecule has 0 bridgehead atoms. The molecule has 0 atom stereocenters. The molecule has 240 valence electrons. The molecule has 0 aliphatic carbocycles. The molecular weight excluding hydrogens is 614 g/mol. The number of benzene rings is 4. The minimum atomic E-state index is -4.09. The van der Waals surface area contributed by atoms with Gasteiger partial charge in [0.1, 0.15) is 16.5 Å². The molecule has 1 aromatic heterocycles. The Morgan fingerprint density at radius 2 is 1.53 bits per heavy atom. The van der Waals surface area contributed by atoms with E-state index in [0.717, 1.165) is 5.56 Å². The standard InChI is InChI=1S/C36H35N5O5S/c1-25-9-6-11-28(21-25)35(42)39-20-19-37-30-13-8-14-31(24-30)40-47(44,45)33-23-27(16-17-32(33)46-3)26-10-7-12-29(22-26)36(43)41(2)34-15-4-5-18-38-34/h4-18,21-24,37,40H,19-20H2,1-3H3,(H,39,42). The van der Waals surface area contributed by atoms with Gasteiger partial charge < -0.3 is 15.4 Å². The zero-order chi connectivity index (χ0) is 33.4. The van der Waals surface area contributed by atoms with Gasteiger partial charge in [0.05, 0.1) is 12.8 Å². The predicted octanol–water partition coefficient (Wildman–Crippen LogP) is 5.98. The molecule has 4 aromatic carbocycles. The third kappa shape index (κ3) is 8.13. The zero-order valence-corrected chi connectivity index (χ0v) is 27.0. The molecule has 0 radical (unpaired) electrons. The Hall–Kier alpha value is -5.68. The fraction of sp³-hybridized carbons (Fsp3) is 0.139. The average molecular weight is 650 g/mol. The van der Waals surface area contributed by atoms with Gasteiger partial charge in [0.15, 0.2) is 0 Å². The van der Waals surface area contributed by atoms with E-state index in [0.29, 0.717) is 52.5 Å². The first-order chi connectivity index (χ1) is 22.6. The Balaban J connectivity index is 1.28. The summed E-state index contributed by atoms with van der Waals surface area (Å²) in [5.41, 5.74) is 4.28. The highest BCUT2D eigenvalue weighted by Crippen LogP contribution is 2.32. The Morgan fingerprint density at radius 1 is 0.787 bits per heavy atom. The van der Waals surface area contributed by atoms with Gasteiger partial charge in [-0.1, -0.05) is 48.0 Å². The van der Waals surface area contributed by atoms with Crippen molar-refractivity contribution in [1.82, 2.24) is 10.3 Å². The van der Waals surface area contributed by atoms with Crippen LogP contribution in [0.2, 0.25) is 0 Å². The van der Waals surface area contributed by atoms with Crippen LogP contribution in [0.3, 0.4) is 0 Å². The number of pyridine rings is 1. The first-order valence-electron chi connectivity index (χ1n) is 14.8. The number of aromatic nitrogens is 1. The zero-order valence-electron chi connectivity index (χ0n) is 26.2. The Morgan fingerprint density at radius 3 is 2.30 bits per heavy atom. The van der Waals surface area contributed by atoms with Crippen LogP contribution >= 0.6 is 0 Å². The summed E-state index contributed by atoms with van der Waals surface area (Å²) in [5, 5.41) is 6.08. The van der Waals surface area contributed by atoms with Gasteiger partial charge in [-0.2, -0.15) is 0 Å². The van der Waals surface area contributed by atoms with Crippen LogP contribution in [0, 0.1) is 6.92 Å². The van der Waals surface area contributed by atoms with Gasteiger partial charge in [-0.05, 0) is 84.8 Å². The van der Waals surface area contributed by atoms with Crippen LogP contribution in [0.4, 0.5) is 17.2 Å². The summed E-state index contributed by atoms with van der Waals surface area (Å²) < 4.78 is 35.4. The smallest absolute Gasteiger partial charge is 0.265 e. The van der Waals surface area contributed by atoms with E-state index in [1.807, 2.05) is 31.2 Å². The molecule has 0 saturated heterocycles. The van der Waals surface area contributed by atoms with Crippen molar-refractivity contribution in [3.63, 3.8) is 0 Å². The number of nitrogens with one attached hydrogen (secondary N) is 3. The SMILES string of the molecule is COc1ccc(-c2cccc(C(=O)N(C)c3ccccn3)c2)cc1S(=O)(=O)Nc1cccc(NCCNC(=O)c2cccc(C)c2)c1. The lowest BCUT2D eigenvalue weighted by Gasteiger charge is -2.17. The predicted molar refractivity (Wildman–Crippen MR) is 185 cm³/mol. The van der Waals surface area contributed by atoms with Crippen molar-refractivity contribution in [2.24, 2.45) is 0 Å². The van der Waals surface area contributed by atoms with Crippen LogP contribution < -0.4 is 25.0 Å². The van der Waals surface area contributed by atoms with Crippen LogP contribution in [0.5, 0.6) is 5.75 Å². The summed E-state index contributed by atoms with van der Waals surface area (Å²) in [5.74, 6) is 0.261. The number of aryl methyl sites for hydroxylation is 1. The lowest BCUT2D eigenvalue weighted by atomic mass is 10.0. The number of ether oxygens (including phenoxy) is 1. The number of hydrogen-bond donors (Lipinski definition) is 3. The highest BCUT2D eigenvalue weighted by atomic mass is 32.2. The van der Waals surface area contributed by atoms with Crippen molar-refractivity contribution in [2.45, 2.75) is 11.8 Å². The van der Waals surface area contributed by atoms with Crippen molar-refractivity contribution < 1.29 is 22.7 Å². The van der Waals surface area contributed by atoms with Gasteiger partial charge in [-0.3, -0.25) is 19.2 Å². The second-order valence-electron chi connectivity index (χ2n) is 10.7. The maximum absolute atomic E-state index is 13.7. The van der Waals surface area contributed by atoms with E-state index in [1.165, 1.54) is 18.1 Å². The topological polar surface area (TPSA) is 130 Å². The number of rotatable bonds is 12. The van der Waals surface area contributed by atoms with Gasteiger partial charge in [-0.15, -0.1) is 0 Å². The summed E-state index contributed by atoms with van der Waals surface area (Å²) in [6, 6.07) is 31.3. The highest BCUT2D eigenvalue weighted by Gasteiger charge is 2.22. The van der Waals surface area contributed by atoms with Gasteiger partial charge in [0, 0.05) is 43.1 Å². The van der Waals surface area contributed by atoms with E-state index in [-0.39, 0.29) is 22.5 Å². The van der Waals surface area contributed by atoms with Crippen LogP contribution in [-0.2, 0) is 10.0 Å². The fourth-order valence-corrected chi connectivity index (χ4v) is 6.17. The van der Waals surface area contributed by atoms with Gasteiger partial charge in [0.25, 0.3) is 21.8 Å². The molecule has 0 spiro atoms. The van der Waals surface area contributed by atoms with Gasteiger partial charge in [-0.25, -0.2) is 13.4 Å². The molecule has 0 aliphatic heterocycles. The highest BCUT2D eigenvalue weighted by molar-refractivity contribution is 7.92. The van der Waals surface area contributed by atoms with E-state index < -0.39 is 10.0 Å². The third-order valence-electron chi connectivity index (χ3n) is 7.33. The normalized spacial score (nSPS) is 11.0. The van der Waals surface area contributed by atoms with Crippen LogP contribution in [-0.4, -0.2) is 52.5 Å². The van der Waals surface area contributed by atoms with E-state index in [9.17, 15) is 18.0 Å². The van der Waals surface area contributed by atoms with E-state index in [4.69, 9.17) is 4.74 Å². The maximum Gasteiger partial charge on any atom is 0.265 e. The van der Waals surface area contributed by atoms with E-state index in [1.54, 1.807) is 92.1 Å². The minimum absolute atomic E-state index is 0.0583. The first-order valence-corrected chi connectivity index (χ1v) is 16.3. The number of methoxy groups -OCH3 is 1. The van der Waals surface area contributed by atoms with Crippen molar-refractivity contribution in [3.8, 4) is 16.9 Å². The second kappa shape index (κ2) is 14.6. The van der Waals surface area contributed by atoms with Crippen molar-refractivity contribution >= 4 is 39.0 Å². The Bertz CT molecular complexity index is 2000. The molecule has 0 aliphatic rings. The lowest BCUT2D eigenvalue weighted by molar-refractivity contribution is 0.0953. The summed E-state index contributed by atoms with van der Waals surface area (Å²) in [7, 11) is -1.04. The molecule has 1 heterocycles. The lowest BCUT2D eigenvalue weighted by Crippen LogP contribution is -2.28. The number of hydrogen-bond acceptors (Lipinski definition) is 7. The first kappa shape index (κ1) is 32.7. The van der Waals surface area contributed by atoms with E-state index >= 15 is 0 Å². The molecule has 11 heteroatoms. The van der Waals surface area contributed by atoms with Crippen LogP contribution in [0.1, 0.15) is 26.3 Å². The van der Waals surface area contributed by atoms with E-state index in [2.05, 4.69) is 20.3 Å². The van der Waals surface area contributed by atoms with Crippen LogP contribution in [0.15, 0.2) is 120 Å². The van der Waals surface area contributed by atoms with Crippen LogP contribution in [0.25, 0.3) is 11.1 Å². The number of sulfonamides is 1. The summed E-state index contributed by atoms with van der Waals surface area (Å²) >= 11 is 0. The third-order valence-corrected chi connectivity index (χ3v) is 8.73.